The van der Waals surface area contributed by atoms with Crippen LogP contribution in [0.25, 0.3) is 0 Å². The number of hydrogen-bond donors (Lipinski definition) is 3. The molecule has 0 saturated carbocycles. The molecule has 3 N–H and O–H groups in total. The molecule has 0 radical (unpaired) electrons. The van der Waals surface area contributed by atoms with Gasteiger partial charge in [0.2, 0.25) is 5.91 Å². The Morgan fingerprint density at radius 1 is 1.19 bits per heavy atom. The molecular weight excluding hydrogens is 364 g/mol. The number of benzene rings is 1. The molecule has 3 atom stereocenters. The second-order valence-corrected chi connectivity index (χ2v) is 5.51. The number of nitrogens with one attached hydrogen (secondary N) is 2. The van der Waals surface area contributed by atoms with E-state index < -0.39 is 54.4 Å². The lowest BCUT2D eigenvalue weighted by Gasteiger charge is -2.19. The van der Waals surface area contributed by atoms with Gasteiger partial charge >= 0.3 is 12.1 Å². The first-order valence-electron chi connectivity index (χ1n) is 7.35. The highest BCUT2D eigenvalue weighted by atomic mass is 19.4. The minimum atomic E-state index is -4.77. The second kappa shape index (κ2) is 7.68. The number of amides is 2. The number of rotatable bonds is 7. The van der Waals surface area contributed by atoms with Crippen molar-refractivity contribution in [2.75, 3.05) is 0 Å². The van der Waals surface area contributed by atoms with Gasteiger partial charge in [0.05, 0.1) is 6.42 Å². The summed E-state index contributed by atoms with van der Waals surface area (Å²) in [7, 11) is 0. The Morgan fingerprint density at radius 3 is 2.38 bits per heavy atom. The van der Waals surface area contributed by atoms with E-state index in [2.05, 4.69) is 10.1 Å². The average molecular weight is 378 g/mol. The lowest BCUT2D eigenvalue weighted by molar-refractivity contribution is -0.151. The summed E-state index contributed by atoms with van der Waals surface area (Å²) in [5.74, 6) is -4.43. The fourth-order valence-electron chi connectivity index (χ4n) is 2.14. The van der Waals surface area contributed by atoms with Gasteiger partial charge in [0.15, 0.2) is 12.2 Å². The molecule has 1 heterocycles. The van der Waals surface area contributed by atoms with Crippen molar-refractivity contribution < 1.29 is 41.8 Å². The number of hydrogen-bond acceptors (Lipinski definition) is 4. The summed E-state index contributed by atoms with van der Waals surface area (Å²) in [5, 5.41) is 12.6. The third kappa shape index (κ3) is 5.41. The van der Waals surface area contributed by atoms with Gasteiger partial charge < -0.3 is 20.5 Å². The number of carboxylic acid groups (broad SMARTS) is 1. The summed E-state index contributed by atoms with van der Waals surface area (Å²) in [5.41, 5.74) is 0.0504. The van der Waals surface area contributed by atoms with Gasteiger partial charge in [-0.25, -0.2) is 9.18 Å². The third-order valence-electron chi connectivity index (χ3n) is 3.47. The molecule has 1 aromatic carbocycles. The van der Waals surface area contributed by atoms with Gasteiger partial charge in [0, 0.05) is 12.1 Å². The van der Waals surface area contributed by atoms with E-state index in [1.165, 1.54) is 18.2 Å². The van der Waals surface area contributed by atoms with Gasteiger partial charge in [-0.1, -0.05) is 18.2 Å². The van der Waals surface area contributed by atoms with Crippen LogP contribution in [0, 0.1) is 5.82 Å². The molecule has 1 fully saturated rings. The predicted octanol–water partition coefficient (Wildman–Crippen LogP) is 0.731. The Bertz CT molecular complexity index is 710. The van der Waals surface area contributed by atoms with Gasteiger partial charge in [-0.15, -0.1) is 0 Å². The lowest BCUT2D eigenvalue weighted by Crippen LogP contribution is -2.50. The van der Waals surface area contributed by atoms with Gasteiger partial charge in [-0.3, -0.25) is 9.59 Å². The van der Waals surface area contributed by atoms with Crippen molar-refractivity contribution in [3.63, 3.8) is 0 Å². The van der Waals surface area contributed by atoms with Gasteiger partial charge in [-0.05, 0) is 6.07 Å². The summed E-state index contributed by atoms with van der Waals surface area (Å²) in [6.45, 7) is -0.382. The molecule has 1 unspecified atom stereocenters. The Kier molecular flexibility index (Phi) is 5.80. The second-order valence-electron chi connectivity index (χ2n) is 5.51. The molecule has 11 heteroatoms. The number of carbonyl (C=O) groups is 3. The fraction of sp³-hybridized carbons (Fsp3) is 0.400. The van der Waals surface area contributed by atoms with Crippen LogP contribution >= 0.6 is 0 Å². The maximum atomic E-state index is 13.5. The van der Waals surface area contributed by atoms with Crippen LogP contribution in [0.2, 0.25) is 0 Å². The highest BCUT2D eigenvalue weighted by Crippen LogP contribution is 2.25. The Balaban J connectivity index is 1.99. The van der Waals surface area contributed by atoms with E-state index in [1.807, 2.05) is 5.32 Å². The molecule has 0 aliphatic carbocycles. The average Bonchev–Trinajstić information content (AvgIpc) is 3.32. The van der Waals surface area contributed by atoms with E-state index in [1.54, 1.807) is 0 Å². The lowest BCUT2D eigenvalue weighted by atomic mass is 10.1. The maximum absolute atomic E-state index is 13.5. The smallest absolute Gasteiger partial charge is 0.391 e. The summed E-state index contributed by atoms with van der Waals surface area (Å²) < 4.78 is 56.0. The number of alkyl halides is 3. The van der Waals surface area contributed by atoms with Gasteiger partial charge in [0.25, 0.3) is 5.91 Å². The molecule has 1 aliphatic rings. The highest BCUT2D eigenvalue weighted by molar-refractivity contribution is 5.95. The highest BCUT2D eigenvalue weighted by Gasteiger charge is 2.51. The molecule has 0 spiro atoms. The van der Waals surface area contributed by atoms with Crippen LogP contribution in [-0.4, -0.2) is 47.3 Å². The molecule has 142 valence electrons. The molecule has 7 nitrogen and oxygen atoms in total. The normalized spacial score (nSPS) is 20.2. The molecule has 26 heavy (non-hydrogen) atoms. The van der Waals surface area contributed by atoms with Gasteiger partial charge in [-0.2, -0.15) is 13.2 Å². The zero-order valence-electron chi connectivity index (χ0n) is 13.0. The van der Waals surface area contributed by atoms with Crippen molar-refractivity contribution in [3.05, 3.63) is 35.6 Å². The summed E-state index contributed by atoms with van der Waals surface area (Å²) in [4.78, 5) is 34.4. The number of aliphatic carboxylic acids is 1. The molecule has 2 rings (SSSR count). The molecule has 1 aromatic rings. The van der Waals surface area contributed by atoms with Gasteiger partial charge in [0.1, 0.15) is 11.9 Å². The number of carboxylic acids is 1. The summed E-state index contributed by atoms with van der Waals surface area (Å²) >= 11 is 0. The van der Waals surface area contributed by atoms with Crippen LogP contribution < -0.4 is 10.6 Å². The zero-order chi connectivity index (χ0) is 19.5. The number of carbonyl (C=O) groups excluding carboxylic acids is 2. The van der Waals surface area contributed by atoms with Crippen LogP contribution in [-0.2, 0) is 25.7 Å². The third-order valence-corrected chi connectivity index (χ3v) is 3.47. The van der Waals surface area contributed by atoms with Crippen molar-refractivity contribution in [1.82, 2.24) is 10.6 Å². The number of halogens is 4. The van der Waals surface area contributed by atoms with Crippen molar-refractivity contribution >= 4 is 17.8 Å². The molecular formula is C15H14F4N2O5. The van der Waals surface area contributed by atoms with E-state index >= 15 is 0 Å². The monoisotopic (exact) mass is 378 g/mol. The summed E-state index contributed by atoms with van der Waals surface area (Å²) in [6, 6.07) is 3.33. The molecule has 2 amide bonds. The SMILES string of the molecule is O=C(NCc1ccccc1F)C(CC(F)(F)F)NC(=O)[C@H]1O[C@@H]1C(=O)O. The predicted molar refractivity (Wildman–Crippen MR) is 77.1 cm³/mol. The first kappa shape index (κ1) is 19.6. The van der Waals surface area contributed by atoms with E-state index in [9.17, 15) is 31.9 Å². The van der Waals surface area contributed by atoms with E-state index in [4.69, 9.17) is 5.11 Å². The number of epoxide rings is 1. The first-order valence-corrected chi connectivity index (χ1v) is 7.35. The minimum Gasteiger partial charge on any atom is -0.479 e. The van der Waals surface area contributed by atoms with Crippen molar-refractivity contribution in [2.24, 2.45) is 0 Å². The molecule has 0 aromatic heterocycles. The van der Waals surface area contributed by atoms with Crippen molar-refractivity contribution in [2.45, 2.75) is 37.4 Å². The maximum Gasteiger partial charge on any atom is 0.391 e. The molecule has 1 aliphatic heterocycles. The molecule has 0 bridgehead atoms. The largest absolute Gasteiger partial charge is 0.479 e. The topological polar surface area (TPSA) is 108 Å². The van der Waals surface area contributed by atoms with Crippen LogP contribution in [0.1, 0.15) is 12.0 Å². The van der Waals surface area contributed by atoms with Crippen LogP contribution in [0.5, 0.6) is 0 Å². The van der Waals surface area contributed by atoms with E-state index in [-0.39, 0.29) is 12.1 Å². The quantitative estimate of drug-likeness (QED) is 0.479. The molecule has 1 saturated heterocycles. The fourth-order valence-corrected chi connectivity index (χ4v) is 2.14. The van der Waals surface area contributed by atoms with E-state index in [0.717, 1.165) is 6.07 Å². The zero-order valence-corrected chi connectivity index (χ0v) is 13.0. The number of ether oxygens (including phenoxy) is 1. The van der Waals surface area contributed by atoms with Crippen molar-refractivity contribution in [3.8, 4) is 0 Å². The van der Waals surface area contributed by atoms with Crippen molar-refractivity contribution in [1.29, 1.82) is 0 Å². The van der Waals surface area contributed by atoms with Crippen LogP contribution in [0.4, 0.5) is 17.6 Å². The Hall–Kier alpha value is -2.69. The van der Waals surface area contributed by atoms with Crippen LogP contribution in [0.3, 0.4) is 0 Å². The summed E-state index contributed by atoms with van der Waals surface area (Å²) in [6.07, 6.45) is -9.36. The first-order chi connectivity index (χ1) is 12.1. The Labute approximate surface area is 144 Å². The minimum absolute atomic E-state index is 0.0504. The van der Waals surface area contributed by atoms with E-state index in [0.29, 0.717) is 0 Å². The van der Waals surface area contributed by atoms with Crippen LogP contribution in [0.15, 0.2) is 24.3 Å². The standard InChI is InChI=1S/C15H14F4N2O5/c16-8-4-2-1-3-7(8)6-20-12(22)9(5-15(17,18)19)21-13(23)10-11(26-10)14(24)25/h1-4,9-11H,5-6H2,(H,20,22)(H,21,23)(H,24,25)/t9?,10-,11-/m0/s1. The Morgan fingerprint density at radius 2 is 1.85 bits per heavy atom.